The van der Waals surface area contributed by atoms with Crippen LogP contribution in [0.4, 0.5) is 10.1 Å². The van der Waals surface area contributed by atoms with Crippen LogP contribution < -0.4 is 5.32 Å². The fourth-order valence-electron chi connectivity index (χ4n) is 2.64. The second-order valence-electron chi connectivity index (χ2n) is 5.79. The fraction of sp³-hybridized carbons (Fsp3) is 0.235. The Morgan fingerprint density at radius 3 is 2.35 bits per heavy atom. The minimum atomic E-state index is -3.58. The molecule has 3 rings (SSSR count). The lowest BCUT2D eigenvalue weighted by atomic mass is 10.3. The van der Waals surface area contributed by atoms with Crippen LogP contribution in [0.2, 0.25) is 5.02 Å². The molecular formula is C17H17ClFN3O2S2. The molecule has 0 aliphatic carbocycles. The largest absolute Gasteiger partial charge is 0.346 e. The average molecular weight is 414 g/mol. The van der Waals surface area contributed by atoms with Crippen LogP contribution in [-0.4, -0.2) is 48.9 Å². The van der Waals surface area contributed by atoms with Crippen molar-refractivity contribution in [2.24, 2.45) is 0 Å². The first-order chi connectivity index (χ1) is 12.4. The van der Waals surface area contributed by atoms with Crippen LogP contribution in [0.5, 0.6) is 0 Å². The second-order valence-corrected chi connectivity index (χ2v) is 8.55. The number of hydrogen-bond donors (Lipinski definition) is 1. The molecule has 26 heavy (non-hydrogen) atoms. The van der Waals surface area contributed by atoms with E-state index in [-0.39, 0.29) is 10.7 Å². The SMILES string of the molecule is O=S(=O)(c1cccc(Cl)c1)N1CCN(C(=S)Nc2ccc(F)cc2)CC1. The predicted octanol–water partition coefficient (Wildman–Crippen LogP) is 3.18. The van der Waals surface area contributed by atoms with Crippen molar-refractivity contribution in [3.8, 4) is 0 Å². The van der Waals surface area contributed by atoms with Crippen LogP contribution >= 0.6 is 23.8 Å². The van der Waals surface area contributed by atoms with Crippen LogP contribution in [0.3, 0.4) is 0 Å². The number of nitrogens with zero attached hydrogens (tertiary/aromatic N) is 2. The number of benzene rings is 2. The zero-order chi connectivity index (χ0) is 18.7. The summed E-state index contributed by atoms with van der Waals surface area (Å²) in [6.07, 6.45) is 0. The molecule has 2 aromatic rings. The highest BCUT2D eigenvalue weighted by atomic mass is 35.5. The molecule has 0 unspecified atom stereocenters. The van der Waals surface area contributed by atoms with Crippen molar-refractivity contribution in [2.75, 3.05) is 31.5 Å². The van der Waals surface area contributed by atoms with Gasteiger partial charge in [-0.3, -0.25) is 0 Å². The summed E-state index contributed by atoms with van der Waals surface area (Å²) in [4.78, 5) is 2.08. The molecule has 1 saturated heterocycles. The summed E-state index contributed by atoms with van der Waals surface area (Å²) >= 11 is 11.3. The van der Waals surface area contributed by atoms with Gasteiger partial charge in [0, 0.05) is 36.9 Å². The first-order valence-electron chi connectivity index (χ1n) is 7.93. The van der Waals surface area contributed by atoms with Gasteiger partial charge in [-0.2, -0.15) is 4.31 Å². The van der Waals surface area contributed by atoms with E-state index in [1.54, 1.807) is 24.3 Å². The van der Waals surface area contributed by atoms with E-state index in [0.29, 0.717) is 42.0 Å². The Bertz CT molecular complexity index is 898. The number of thiocarbonyl (C=S) groups is 1. The van der Waals surface area contributed by atoms with E-state index >= 15 is 0 Å². The quantitative estimate of drug-likeness (QED) is 0.783. The molecule has 5 nitrogen and oxygen atoms in total. The number of rotatable bonds is 3. The number of anilines is 1. The summed E-state index contributed by atoms with van der Waals surface area (Å²) in [6.45, 7) is 1.57. The van der Waals surface area contributed by atoms with Crippen molar-refractivity contribution in [3.63, 3.8) is 0 Å². The molecule has 1 heterocycles. The Morgan fingerprint density at radius 2 is 1.73 bits per heavy atom. The van der Waals surface area contributed by atoms with Crippen LogP contribution in [0, 0.1) is 5.82 Å². The lowest BCUT2D eigenvalue weighted by Gasteiger charge is -2.35. The number of hydrogen-bond acceptors (Lipinski definition) is 3. The Balaban J connectivity index is 1.61. The highest BCUT2D eigenvalue weighted by Gasteiger charge is 2.29. The molecule has 0 spiro atoms. The number of piperazine rings is 1. The molecular weight excluding hydrogens is 397 g/mol. The zero-order valence-electron chi connectivity index (χ0n) is 13.7. The molecule has 0 atom stereocenters. The van der Waals surface area contributed by atoms with Crippen molar-refractivity contribution >= 4 is 44.6 Å². The Labute approximate surface area is 162 Å². The van der Waals surface area contributed by atoms with Gasteiger partial charge in [-0.25, -0.2) is 12.8 Å². The van der Waals surface area contributed by atoms with Crippen LogP contribution in [0.25, 0.3) is 0 Å². The third-order valence-electron chi connectivity index (χ3n) is 4.06. The lowest BCUT2D eigenvalue weighted by molar-refractivity contribution is 0.268. The van der Waals surface area contributed by atoms with Gasteiger partial charge in [0.2, 0.25) is 10.0 Å². The Kier molecular flexibility index (Phi) is 5.76. The van der Waals surface area contributed by atoms with Gasteiger partial charge < -0.3 is 10.2 Å². The normalized spacial score (nSPS) is 15.7. The van der Waals surface area contributed by atoms with E-state index in [1.165, 1.54) is 28.6 Å². The Hall–Kier alpha value is -1.74. The van der Waals surface area contributed by atoms with E-state index in [4.69, 9.17) is 23.8 Å². The summed E-state index contributed by atoms with van der Waals surface area (Å²) in [5.41, 5.74) is 0.686. The monoisotopic (exact) mass is 413 g/mol. The topological polar surface area (TPSA) is 52.7 Å². The summed E-state index contributed by atoms with van der Waals surface area (Å²) in [6, 6.07) is 12.1. The summed E-state index contributed by atoms with van der Waals surface area (Å²) in [5.74, 6) is -0.318. The summed E-state index contributed by atoms with van der Waals surface area (Å²) in [5, 5.41) is 3.90. The molecule has 1 N–H and O–H groups in total. The smallest absolute Gasteiger partial charge is 0.243 e. The maximum atomic E-state index is 13.0. The number of nitrogens with one attached hydrogen (secondary N) is 1. The van der Waals surface area contributed by atoms with Gasteiger partial charge >= 0.3 is 0 Å². The molecule has 1 aliphatic heterocycles. The van der Waals surface area contributed by atoms with Crippen LogP contribution in [0.15, 0.2) is 53.4 Å². The third kappa shape index (κ3) is 4.32. The molecule has 1 fully saturated rings. The van der Waals surface area contributed by atoms with Crippen molar-refractivity contribution in [1.82, 2.24) is 9.21 Å². The van der Waals surface area contributed by atoms with Crippen LogP contribution in [0.1, 0.15) is 0 Å². The molecule has 0 amide bonds. The molecule has 1 aliphatic rings. The van der Waals surface area contributed by atoms with Gasteiger partial charge in [0.15, 0.2) is 5.11 Å². The standard InChI is InChI=1S/C17H17ClFN3O2S2/c18-13-2-1-3-16(12-13)26(23,24)22-10-8-21(9-11-22)17(25)20-15-6-4-14(19)5-7-15/h1-7,12H,8-11H2,(H,20,25). The molecule has 9 heteroatoms. The van der Waals surface area contributed by atoms with Gasteiger partial charge in [0.25, 0.3) is 0 Å². The van der Waals surface area contributed by atoms with Gasteiger partial charge in [-0.05, 0) is 54.7 Å². The van der Waals surface area contributed by atoms with Crippen molar-refractivity contribution < 1.29 is 12.8 Å². The third-order valence-corrected chi connectivity index (χ3v) is 6.55. The molecule has 0 bridgehead atoms. The lowest BCUT2D eigenvalue weighted by Crippen LogP contribution is -2.51. The molecule has 2 aromatic carbocycles. The Morgan fingerprint density at radius 1 is 1.08 bits per heavy atom. The summed E-state index contributed by atoms with van der Waals surface area (Å²) < 4.78 is 39.8. The maximum absolute atomic E-state index is 13.0. The number of sulfonamides is 1. The van der Waals surface area contributed by atoms with Crippen molar-refractivity contribution in [2.45, 2.75) is 4.90 Å². The van der Waals surface area contributed by atoms with Gasteiger partial charge in [0.05, 0.1) is 4.90 Å². The molecule has 0 radical (unpaired) electrons. The number of halogens is 2. The molecule has 0 aromatic heterocycles. The van der Waals surface area contributed by atoms with E-state index < -0.39 is 10.0 Å². The molecule has 0 saturated carbocycles. The highest BCUT2D eigenvalue weighted by Crippen LogP contribution is 2.21. The highest BCUT2D eigenvalue weighted by molar-refractivity contribution is 7.89. The van der Waals surface area contributed by atoms with Crippen molar-refractivity contribution in [1.29, 1.82) is 0 Å². The van der Waals surface area contributed by atoms with E-state index in [0.717, 1.165) is 0 Å². The van der Waals surface area contributed by atoms with Crippen molar-refractivity contribution in [3.05, 3.63) is 59.4 Å². The maximum Gasteiger partial charge on any atom is 0.243 e. The zero-order valence-corrected chi connectivity index (χ0v) is 16.1. The van der Waals surface area contributed by atoms with E-state index in [1.807, 2.05) is 4.90 Å². The first kappa shape index (κ1) is 19.0. The second kappa shape index (κ2) is 7.87. The van der Waals surface area contributed by atoms with Gasteiger partial charge in [0.1, 0.15) is 5.82 Å². The predicted molar refractivity (Wildman–Crippen MR) is 104 cm³/mol. The van der Waals surface area contributed by atoms with Gasteiger partial charge in [-0.1, -0.05) is 17.7 Å². The summed E-state index contributed by atoms with van der Waals surface area (Å²) in [7, 11) is -3.58. The average Bonchev–Trinajstić information content (AvgIpc) is 2.64. The van der Waals surface area contributed by atoms with E-state index in [2.05, 4.69) is 5.32 Å². The molecule has 138 valence electrons. The fourth-order valence-corrected chi connectivity index (χ4v) is 4.67. The van der Waals surface area contributed by atoms with Gasteiger partial charge in [-0.15, -0.1) is 0 Å². The minimum absolute atomic E-state index is 0.186. The minimum Gasteiger partial charge on any atom is -0.346 e. The first-order valence-corrected chi connectivity index (χ1v) is 10.2. The van der Waals surface area contributed by atoms with Crippen LogP contribution in [-0.2, 0) is 10.0 Å². The van der Waals surface area contributed by atoms with E-state index in [9.17, 15) is 12.8 Å².